The number of fused-ring (bicyclic) bond motifs is 5. The summed E-state index contributed by atoms with van der Waals surface area (Å²) in [6.07, 6.45) is 7.14. The first-order chi connectivity index (χ1) is 32.9. The minimum absolute atomic E-state index is 0.0425. The van der Waals surface area contributed by atoms with Crippen LogP contribution in [0.1, 0.15) is 204 Å². The van der Waals surface area contributed by atoms with Gasteiger partial charge in [-0.1, -0.05) is 184 Å². The molecule has 3 heteroatoms. The largest absolute Gasteiger partial charge is 0.311 e. The Bertz CT molecular complexity index is 3140. The van der Waals surface area contributed by atoms with E-state index in [0.29, 0.717) is 0 Å². The molecule has 2 nitrogen and oxygen atoms in total. The van der Waals surface area contributed by atoms with E-state index < -0.39 is 0 Å². The van der Waals surface area contributed by atoms with Gasteiger partial charge < -0.3 is 9.80 Å². The highest BCUT2D eigenvalue weighted by atomic mass is 15.2. The van der Waals surface area contributed by atoms with Crippen LogP contribution in [0.3, 0.4) is 0 Å². The normalized spacial score (nSPS) is 19.8. The van der Waals surface area contributed by atoms with Gasteiger partial charge in [-0.2, -0.15) is 0 Å². The zero-order valence-corrected chi connectivity index (χ0v) is 47.5. The number of benzene rings is 6. The monoisotopic (exact) mass is 941 g/mol. The van der Waals surface area contributed by atoms with E-state index in [1.807, 2.05) is 0 Å². The van der Waals surface area contributed by atoms with Crippen LogP contribution in [0.4, 0.5) is 34.1 Å². The van der Waals surface area contributed by atoms with Gasteiger partial charge in [0.25, 0.3) is 6.71 Å². The molecule has 6 aromatic rings. The molecule has 0 saturated heterocycles. The van der Waals surface area contributed by atoms with Gasteiger partial charge in [-0.25, -0.2) is 0 Å². The molecule has 1 atom stereocenters. The summed E-state index contributed by atoms with van der Waals surface area (Å²) in [6, 6.07) is 40.1. The highest BCUT2D eigenvalue weighted by Gasteiger charge is 2.49. The summed E-state index contributed by atoms with van der Waals surface area (Å²) in [5.41, 5.74) is 28.1. The average molecular weight is 941 g/mol. The summed E-state index contributed by atoms with van der Waals surface area (Å²) >= 11 is 0. The fourth-order valence-electron chi connectivity index (χ4n) is 14.1. The zero-order valence-electron chi connectivity index (χ0n) is 47.5. The first-order valence-corrected chi connectivity index (χ1v) is 27.3. The van der Waals surface area contributed by atoms with E-state index in [-0.39, 0.29) is 44.6 Å². The molecule has 370 valence electrons. The predicted molar refractivity (Wildman–Crippen MR) is 310 cm³/mol. The Hall–Kier alpha value is -5.02. The fourth-order valence-corrected chi connectivity index (χ4v) is 14.1. The number of rotatable bonds is 5. The van der Waals surface area contributed by atoms with Crippen molar-refractivity contribution >= 4 is 57.2 Å². The molecule has 1 fully saturated rings. The van der Waals surface area contributed by atoms with Crippen LogP contribution in [0.2, 0.25) is 0 Å². The molecular formula is C68H85BN2. The van der Waals surface area contributed by atoms with Gasteiger partial charge in [-0.3, -0.25) is 0 Å². The van der Waals surface area contributed by atoms with Gasteiger partial charge in [-0.05, 0) is 198 Å². The van der Waals surface area contributed by atoms with E-state index in [4.69, 9.17) is 0 Å². The smallest absolute Gasteiger partial charge is 0.252 e. The molecule has 0 spiro atoms. The molecule has 1 unspecified atom stereocenters. The molecule has 6 aromatic carbocycles. The van der Waals surface area contributed by atoms with Crippen LogP contribution in [0.25, 0.3) is 0 Å². The Balaban J connectivity index is 1.25. The van der Waals surface area contributed by atoms with Crippen LogP contribution < -0.4 is 26.2 Å². The van der Waals surface area contributed by atoms with E-state index in [0.717, 1.165) is 12.8 Å². The van der Waals surface area contributed by atoms with Crippen molar-refractivity contribution in [3.63, 3.8) is 0 Å². The average Bonchev–Trinajstić information content (AvgIpc) is 3.44. The third-order valence-corrected chi connectivity index (χ3v) is 18.6. The van der Waals surface area contributed by atoms with E-state index in [2.05, 4.69) is 238 Å². The van der Waals surface area contributed by atoms with E-state index in [1.54, 1.807) is 5.56 Å². The van der Waals surface area contributed by atoms with Crippen molar-refractivity contribution in [2.75, 3.05) is 9.80 Å². The minimum atomic E-state index is 0.0425. The Morgan fingerprint density at radius 1 is 0.465 bits per heavy atom. The molecule has 0 N–H and O–H groups in total. The van der Waals surface area contributed by atoms with Crippen LogP contribution in [-0.4, -0.2) is 6.71 Å². The first-order valence-electron chi connectivity index (χ1n) is 27.3. The topological polar surface area (TPSA) is 6.48 Å². The van der Waals surface area contributed by atoms with Crippen molar-refractivity contribution in [1.82, 2.24) is 0 Å². The van der Waals surface area contributed by atoms with Crippen molar-refractivity contribution in [3.8, 4) is 0 Å². The Kier molecular flexibility index (Phi) is 11.3. The molecule has 2 aliphatic heterocycles. The lowest BCUT2D eigenvalue weighted by Crippen LogP contribution is -2.61. The number of hydrogen-bond acceptors (Lipinski definition) is 2. The lowest BCUT2D eigenvalue weighted by molar-refractivity contribution is 0.108. The summed E-state index contributed by atoms with van der Waals surface area (Å²) in [6.45, 7) is 45.8. The standard InChI is InChI=1S/C68H85BN2/c1-42-32-59-61-60(33-42)71(56-29-26-48(35-44(56)3)63(7,8)9)58-40-52-51(65(13,14)41-66(52,15)16)39-54(58)69(61)53-27-22-45(37-57(53)70(59)55-28-25-47(34-43(55)2)62(4,5)6)36-46-23-24-49(64(10,11)12)38-50(46)68(19)31-21-20-30-67(68,17)18/h22-29,32-35,37-40H,20-21,30-31,36,41H2,1-19H3. The van der Waals surface area contributed by atoms with Gasteiger partial charge in [0.2, 0.25) is 0 Å². The molecule has 10 rings (SSSR count). The lowest BCUT2D eigenvalue weighted by Gasteiger charge is -2.50. The molecule has 0 aromatic heterocycles. The number of hydrogen-bond donors (Lipinski definition) is 0. The molecule has 0 amide bonds. The Morgan fingerprint density at radius 2 is 0.958 bits per heavy atom. The van der Waals surface area contributed by atoms with E-state index in [9.17, 15) is 0 Å². The third kappa shape index (κ3) is 8.05. The predicted octanol–water partition coefficient (Wildman–Crippen LogP) is 17.0. The Morgan fingerprint density at radius 3 is 1.48 bits per heavy atom. The molecule has 71 heavy (non-hydrogen) atoms. The molecular weight excluding hydrogens is 856 g/mol. The third-order valence-electron chi connectivity index (χ3n) is 18.6. The summed E-state index contributed by atoms with van der Waals surface area (Å²) in [5.74, 6) is 0. The lowest BCUT2D eigenvalue weighted by atomic mass is 9.33. The maximum absolute atomic E-state index is 2.68. The molecule has 0 bridgehead atoms. The van der Waals surface area contributed by atoms with Gasteiger partial charge in [-0.15, -0.1) is 0 Å². The van der Waals surface area contributed by atoms with Crippen molar-refractivity contribution in [2.45, 2.75) is 203 Å². The van der Waals surface area contributed by atoms with Gasteiger partial charge in [0.1, 0.15) is 0 Å². The maximum Gasteiger partial charge on any atom is 0.252 e. The fraction of sp³-hybridized carbons (Fsp3) is 0.471. The number of anilines is 6. The van der Waals surface area contributed by atoms with Crippen molar-refractivity contribution in [2.24, 2.45) is 5.41 Å². The molecule has 4 aliphatic rings. The number of nitrogens with zero attached hydrogens (tertiary/aromatic N) is 2. The summed E-state index contributed by atoms with van der Waals surface area (Å²) < 4.78 is 0. The number of aryl methyl sites for hydroxylation is 3. The molecule has 0 radical (unpaired) electrons. The van der Waals surface area contributed by atoms with Gasteiger partial charge in [0.15, 0.2) is 0 Å². The van der Waals surface area contributed by atoms with Gasteiger partial charge in [0.05, 0.1) is 0 Å². The maximum atomic E-state index is 2.68. The second-order valence-corrected chi connectivity index (χ2v) is 28.3. The molecule has 1 saturated carbocycles. The SMILES string of the molecule is Cc1cc2c3c(c1)N(c1ccc(C(C)(C)C)cc1C)c1cc4c(cc1B3c1ccc(Cc3ccc(C(C)(C)C)cc3C3(C)CCCCC3(C)C)cc1N2c1ccc(C(C)(C)C)cc1C)C(C)(C)CC4(C)C. The quantitative estimate of drug-likeness (QED) is 0.159. The molecule has 2 heterocycles. The van der Waals surface area contributed by atoms with Gasteiger partial charge >= 0.3 is 0 Å². The summed E-state index contributed by atoms with van der Waals surface area (Å²) in [5, 5.41) is 0. The highest BCUT2D eigenvalue weighted by Crippen LogP contribution is 2.55. The van der Waals surface area contributed by atoms with Crippen molar-refractivity contribution in [1.29, 1.82) is 0 Å². The van der Waals surface area contributed by atoms with Gasteiger partial charge in [0, 0.05) is 34.1 Å². The summed E-state index contributed by atoms with van der Waals surface area (Å²) in [7, 11) is 0. The Labute approximate surface area is 431 Å². The van der Waals surface area contributed by atoms with Crippen molar-refractivity contribution in [3.05, 3.63) is 158 Å². The van der Waals surface area contributed by atoms with Crippen LogP contribution in [0.5, 0.6) is 0 Å². The highest BCUT2D eigenvalue weighted by molar-refractivity contribution is 7.00. The minimum Gasteiger partial charge on any atom is -0.311 e. The molecule has 2 aliphatic carbocycles. The van der Waals surface area contributed by atoms with E-state index in [1.165, 1.54) is 132 Å². The summed E-state index contributed by atoms with van der Waals surface area (Å²) in [4.78, 5) is 5.35. The second kappa shape index (κ2) is 16.2. The van der Waals surface area contributed by atoms with Crippen LogP contribution in [0.15, 0.2) is 97.1 Å². The van der Waals surface area contributed by atoms with Crippen LogP contribution >= 0.6 is 0 Å². The zero-order chi connectivity index (χ0) is 51.3. The first kappa shape index (κ1) is 49.6. The van der Waals surface area contributed by atoms with Crippen LogP contribution in [0, 0.1) is 26.2 Å². The second-order valence-electron chi connectivity index (χ2n) is 28.3. The van der Waals surface area contributed by atoms with Crippen LogP contribution in [-0.2, 0) is 38.9 Å². The van der Waals surface area contributed by atoms with Crippen molar-refractivity contribution < 1.29 is 0 Å². The van der Waals surface area contributed by atoms with E-state index >= 15 is 0 Å².